The molecule has 3 N–H and O–H groups in total. The number of likely N-dealkylation sites (N-methyl/N-ethyl adjacent to an activating group) is 1. The van der Waals surface area contributed by atoms with Gasteiger partial charge in [-0.25, -0.2) is 5.48 Å². The van der Waals surface area contributed by atoms with Gasteiger partial charge in [-0.1, -0.05) is 12.1 Å². The fourth-order valence-corrected chi connectivity index (χ4v) is 3.41. The summed E-state index contributed by atoms with van der Waals surface area (Å²) in [6.07, 6.45) is -10.3. The Labute approximate surface area is 213 Å². The van der Waals surface area contributed by atoms with E-state index in [4.69, 9.17) is 9.94 Å². The maximum Gasteiger partial charge on any atom is 0.416 e. The minimum absolute atomic E-state index is 0.0178. The monoisotopic (exact) mass is 549 g/mol. The average Bonchev–Trinajstić information content (AvgIpc) is 2.87. The Hall–Kier alpha value is -3.81. The van der Waals surface area contributed by atoms with Gasteiger partial charge in [0.05, 0.1) is 17.0 Å². The van der Waals surface area contributed by atoms with Gasteiger partial charge in [0.1, 0.15) is 18.4 Å². The number of halogens is 6. The van der Waals surface area contributed by atoms with E-state index < -0.39 is 59.8 Å². The van der Waals surface area contributed by atoms with Crippen LogP contribution in [-0.4, -0.2) is 48.0 Å². The number of amides is 3. The summed E-state index contributed by atoms with van der Waals surface area (Å²) >= 11 is 0. The Kier molecular flexibility index (Phi) is 9.73. The molecule has 8 nitrogen and oxygen atoms in total. The molecule has 0 radical (unpaired) electrons. The van der Waals surface area contributed by atoms with Gasteiger partial charge < -0.3 is 15.0 Å². The van der Waals surface area contributed by atoms with Crippen molar-refractivity contribution in [2.24, 2.45) is 0 Å². The SMILES string of the molecule is CNC(=O)CC(C(=O)N(C)C(C)C(=O)NO)c1ccc(OCc2cc(C(F)(F)F)cc(C(F)(F)F)c2)cc1. The number of hydrogen-bond donors (Lipinski definition) is 3. The highest BCUT2D eigenvalue weighted by Gasteiger charge is 2.37. The van der Waals surface area contributed by atoms with E-state index in [0.717, 1.165) is 4.90 Å². The van der Waals surface area contributed by atoms with Crippen LogP contribution >= 0.6 is 0 Å². The van der Waals surface area contributed by atoms with E-state index in [1.54, 1.807) is 0 Å². The smallest absolute Gasteiger partial charge is 0.416 e. The van der Waals surface area contributed by atoms with E-state index in [1.165, 1.54) is 50.8 Å². The van der Waals surface area contributed by atoms with Gasteiger partial charge in [0.15, 0.2) is 0 Å². The molecule has 3 amide bonds. The van der Waals surface area contributed by atoms with Gasteiger partial charge in [-0.2, -0.15) is 26.3 Å². The Morgan fingerprint density at radius 1 is 0.974 bits per heavy atom. The van der Waals surface area contributed by atoms with Crippen LogP contribution in [0.25, 0.3) is 0 Å². The normalized spacial score (nSPS) is 13.3. The third-order valence-electron chi connectivity index (χ3n) is 5.72. The third kappa shape index (κ3) is 7.84. The lowest BCUT2D eigenvalue weighted by atomic mass is 9.93. The van der Waals surface area contributed by atoms with Crippen LogP contribution in [0, 0.1) is 0 Å². The Morgan fingerprint density at radius 2 is 1.50 bits per heavy atom. The second-order valence-electron chi connectivity index (χ2n) is 8.30. The van der Waals surface area contributed by atoms with Crippen LogP contribution in [0.15, 0.2) is 42.5 Å². The van der Waals surface area contributed by atoms with Gasteiger partial charge in [-0.05, 0) is 48.4 Å². The van der Waals surface area contributed by atoms with Gasteiger partial charge >= 0.3 is 12.4 Å². The van der Waals surface area contributed by atoms with E-state index in [9.17, 15) is 40.7 Å². The van der Waals surface area contributed by atoms with Crippen LogP contribution in [0.4, 0.5) is 26.3 Å². The number of nitrogens with one attached hydrogen (secondary N) is 2. The maximum absolute atomic E-state index is 13.1. The maximum atomic E-state index is 13.1. The molecule has 0 aliphatic rings. The van der Waals surface area contributed by atoms with E-state index in [0.29, 0.717) is 17.7 Å². The predicted octanol–water partition coefficient (Wildman–Crippen LogP) is 3.88. The number of ether oxygens (including phenoxy) is 1. The van der Waals surface area contributed by atoms with Crippen molar-refractivity contribution in [3.8, 4) is 5.75 Å². The highest BCUT2D eigenvalue weighted by molar-refractivity contribution is 5.93. The van der Waals surface area contributed by atoms with Gasteiger partial charge in [-0.15, -0.1) is 0 Å². The average molecular weight is 549 g/mol. The molecule has 38 heavy (non-hydrogen) atoms. The first-order valence-electron chi connectivity index (χ1n) is 11.0. The second kappa shape index (κ2) is 12.2. The molecule has 2 unspecified atom stereocenters. The van der Waals surface area contributed by atoms with E-state index >= 15 is 0 Å². The molecule has 0 spiro atoms. The van der Waals surface area contributed by atoms with Gasteiger partial charge in [0.2, 0.25) is 11.8 Å². The molecule has 0 bridgehead atoms. The van der Waals surface area contributed by atoms with Crippen LogP contribution in [-0.2, 0) is 33.3 Å². The lowest BCUT2D eigenvalue weighted by Crippen LogP contribution is -2.47. The van der Waals surface area contributed by atoms with Crippen LogP contribution in [0.1, 0.15) is 41.5 Å². The summed E-state index contributed by atoms with van der Waals surface area (Å²) in [6.45, 7) is 0.749. The highest BCUT2D eigenvalue weighted by atomic mass is 19.4. The fourth-order valence-electron chi connectivity index (χ4n) is 3.41. The first-order valence-corrected chi connectivity index (χ1v) is 11.0. The van der Waals surface area contributed by atoms with Crippen molar-refractivity contribution in [3.05, 3.63) is 64.7 Å². The molecule has 0 aliphatic heterocycles. The number of carbonyl (C=O) groups is 3. The lowest BCUT2D eigenvalue weighted by Gasteiger charge is -2.27. The Bertz CT molecular complexity index is 1120. The van der Waals surface area contributed by atoms with Crippen molar-refractivity contribution in [1.29, 1.82) is 0 Å². The van der Waals surface area contributed by atoms with Crippen molar-refractivity contribution in [3.63, 3.8) is 0 Å². The Balaban J connectivity index is 2.27. The van der Waals surface area contributed by atoms with Crippen molar-refractivity contribution in [2.75, 3.05) is 14.1 Å². The zero-order valence-electron chi connectivity index (χ0n) is 20.4. The summed E-state index contributed by atoms with van der Waals surface area (Å²) in [6, 6.07) is 5.53. The molecule has 2 atom stereocenters. The summed E-state index contributed by atoms with van der Waals surface area (Å²) < 4.78 is 83.8. The first kappa shape index (κ1) is 30.4. The van der Waals surface area contributed by atoms with Crippen LogP contribution in [0.3, 0.4) is 0 Å². The molecule has 0 heterocycles. The first-order chi connectivity index (χ1) is 17.6. The third-order valence-corrected chi connectivity index (χ3v) is 5.72. The molecule has 0 aliphatic carbocycles. The quantitative estimate of drug-likeness (QED) is 0.250. The molecular weight excluding hydrogens is 524 g/mol. The number of hydroxylamine groups is 1. The van der Waals surface area contributed by atoms with Crippen LogP contribution in [0.2, 0.25) is 0 Å². The molecule has 208 valence electrons. The number of rotatable bonds is 9. The van der Waals surface area contributed by atoms with Crippen LogP contribution < -0.4 is 15.5 Å². The number of carbonyl (C=O) groups excluding carboxylic acids is 3. The molecule has 2 aromatic carbocycles. The summed E-state index contributed by atoms with van der Waals surface area (Å²) in [4.78, 5) is 37.8. The Morgan fingerprint density at radius 3 is 1.95 bits per heavy atom. The summed E-state index contributed by atoms with van der Waals surface area (Å²) in [5, 5.41) is 11.2. The van der Waals surface area contributed by atoms with Crippen molar-refractivity contribution >= 4 is 17.7 Å². The number of alkyl halides is 6. The predicted molar refractivity (Wildman–Crippen MR) is 121 cm³/mol. The standard InChI is InChI=1S/C24H25F6N3O5/c1-13(21(35)32-37)33(3)22(36)19(11-20(34)31-2)15-4-6-18(7-5-15)38-12-14-8-16(23(25,26)27)10-17(9-14)24(28,29)30/h4-10,13,19,37H,11-12H2,1-3H3,(H,31,34)(H,32,35). The molecular formula is C24H25F6N3O5. The largest absolute Gasteiger partial charge is 0.489 e. The molecule has 0 saturated heterocycles. The van der Waals surface area contributed by atoms with E-state index in [2.05, 4.69) is 5.32 Å². The number of nitrogens with zero attached hydrogens (tertiary/aromatic N) is 1. The lowest BCUT2D eigenvalue weighted by molar-refractivity contribution is -0.143. The molecule has 2 aromatic rings. The van der Waals surface area contributed by atoms with Crippen molar-refractivity contribution in [1.82, 2.24) is 15.7 Å². The molecule has 2 rings (SSSR count). The van der Waals surface area contributed by atoms with Crippen LogP contribution in [0.5, 0.6) is 5.75 Å². The number of hydrogen-bond acceptors (Lipinski definition) is 5. The molecule has 0 aromatic heterocycles. The van der Waals surface area contributed by atoms with Gasteiger partial charge in [0, 0.05) is 20.5 Å². The molecule has 0 fully saturated rings. The van der Waals surface area contributed by atoms with E-state index in [1.807, 2.05) is 0 Å². The highest BCUT2D eigenvalue weighted by Crippen LogP contribution is 2.36. The minimum atomic E-state index is -4.99. The zero-order chi connectivity index (χ0) is 28.8. The number of benzene rings is 2. The van der Waals surface area contributed by atoms with Gasteiger partial charge in [-0.3, -0.25) is 19.6 Å². The minimum Gasteiger partial charge on any atom is -0.489 e. The summed E-state index contributed by atoms with van der Waals surface area (Å²) in [7, 11) is 2.67. The second-order valence-corrected chi connectivity index (χ2v) is 8.30. The van der Waals surface area contributed by atoms with E-state index in [-0.39, 0.29) is 23.8 Å². The fraction of sp³-hybridized carbons (Fsp3) is 0.375. The topological polar surface area (TPSA) is 108 Å². The molecule has 0 saturated carbocycles. The van der Waals surface area contributed by atoms with Gasteiger partial charge in [0.25, 0.3) is 5.91 Å². The van der Waals surface area contributed by atoms with Crippen molar-refractivity contribution < 1.29 is 50.7 Å². The van der Waals surface area contributed by atoms with Crippen molar-refractivity contribution in [2.45, 2.75) is 44.3 Å². The zero-order valence-corrected chi connectivity index (χ0v) is 20.4. The summed E-state index contributed by atoms with van der Waals surface area (Å²) in [5.74, 6) is -2.94. The summed E-state index contributed by atoms with van der Waals surface area (Å²) in [5.41, 5.74) is -1.53. The molecule has 14 heteroatoms.